The van der Waals surface area contributed by atoms with Gasteiger partial charge in [0, 0.05) is 19.3 Å². The molecule has 12 nitrogen and oxygen atoms in total. The van der Waals surface area contributed by atoms with Crippen LogP contribution in [0.25, 0.3) is 0 Å². The number of esters is 3. The van der Waals surface area contributed by atoms with Crippen LogP contribution in [-0.2, 0) is 42.9 Å². The number of carboxylic acids is 1. The van der Waals surface area contributed by atoms with E-state index in [4.69, 9.17) is 23.7 Å². The first-order chi connectivity index (χ1) is 36.6. The number of carboxylic acid groups (broad SMARTS) is 1. The van der Waals surface area contributed by atoms with E-state index in [9.17, 15) is 34.5 Å². The zero-order valence-electron chi connectivity index (χ0n) is 46.0. The Morgan fingerprint density at radius 2 is 0.813 bits per heavy atom. The Bertz CT molecular complexity index is 1810. The van der Waals surface area contributed by atoms with Crippen molar-refractivity contribution in [3.63, 3.8) is 0 Å². The summed E-state index contributed by atoms with van der Waals surface area (Å²) in [6.07, 6.45) is 57.2. The largest absolute Gasteiger partial charge is 0.479 e. The molecular formula is C63H96O12. The molecule has 0 saturated carbocycles. The number of hydrogen-bond acceptors (Lipinski definition) is 11. The van der Waals surface area contributed by atoms with Gasteiger partial charge < -0.3 is 39.0 Å². The molecule has 1 saturated heterocycles. The van der Waals surface area contributed by atoms with Gasteiger partial charge in [-0.1, -0.05) is 180 Å². The third-order valence-electron chi connectivity index (χ3n) is 11.7. The Hall–Kier alpha value is -5.14. The Labute approximate surface area is 451 Å². The SMILES string of the molecule is CC/C=C\C/C=C\C/C=C\C/C=C\C/C=C\CCCC(=O)OC1C(OCC(COC(=O)CCCCCCC/C=C\C/C=C\C/C=C\CC)OC(=O)CCCCC/C=C\C/C=C\C/C=C\CC)OC(C(=O)O)C(O)C1O. The number of aliphatic hydroxyl groups is 2. The minimum atomic E-state index is -1.94. The smallest absolute Gasteiger partial charge is 0.335 e. The summed E-state index contributed by atoms with van der Waals surface area (Å²) in [5.74, 6) is -3.29. The highest BCUT2D eigenvalue weighted by Crippen LogP contribution is 2.26. The molecule has 75 heavy (non-hydrogen) atoms. The molecule has 6 atom stereocenters. The van der Waals surface area contributed by atoms with Gasteiger partial charge in [-0.25, -0.2) is 4.79 Å². The molecule has 0 radical (unpaired) electrons. The van der Waals surface area contributed by atoms with Crippen LogP contribution in [-0.4, -0.2) is 89.2 Å². The Kier molecular flexibility index (Phi) is 45.0. The molecule has 0 aliphatic carbocycles. The molecule has 0 aromatic heterocycles. The second-order valence-corrected chi connectivity index (χ2v) is 18.4. The minimum Gasteiger partial charge on any atom is -0.479 e. The van der Waals surface area contributed by atoms with Gasteiger partial charge in [-0.2, -0.15) is 0 Å². The summed E-state index contributed by atoms with van der Waals surface area (Å²) < 4.78 is 28.3. The molecule has 1 rings (SSSR count). The van der Waals surface area contributed by atoms with Crippen LogP contribution < -0.4 is 0 Å². The van der Waals surface area contributed by atoms with Gasteiger partial charge in [-0.05, 0) is 122 Å². The van der Waals surface area contributed by atoms with Gasteiger partial charge in [-0.3, -0.25) is 14.4 Å². The topological polar surface area (TPSA) is 175 Å². The van der Waals surface area contributed by atoms with Crippen molar-refractivity contribution in [3.05, 3.63) is 134 Å². The molecule has 0 spiro atoms. The van der Waals surface area contributed by atoms with Crippen LogP contribution in [0.5, 0.6) is 0 Å². The second kappa shape index (κ2) is 49.7. The van der Waals surface area contributed by atoms with E-state index < -0.39 is 67.3 Å². The number of hydrogen-bond donors (Lipinski definition) is 3. The van der Waals surface area contributed by atoms with E-state index in [0.29, 0.717) is 25.7 Å². The molecule has 1 fully saturated rings. The molecule has 3 N–H and O–H groups in total. The van der Waals surface area contributed by atoms with Gasteiger partial charge in [0.05, 0.1) is 6.61 Å². The molecular weight excluding hydrogens is 949 g/mol. The normalized spacial score (nSPS) is 19.2. The van der Waals surface area contributed by atoms with Gasteiger partial charge in [-0.15, -0.1) is 0 Å². The van der Waals surface area contributed by atoms with Crippen LogP contribution in [0.15, 0.2) is 134 Å². The fourth-order valence-electron chi connectivity index (χ4n) is 7.49. The lowest BCUT2D eigenvalue weighted by molar-refractivity contribution is -0.301. The number of rotatable bonds is 45. The lowest BCUT2D eigenvalue weighted by atomic mass is 9.98. The van der Waals surface area contributed by atoms with Crippen molar-refractivity contribution < 1.29 is 58.2 Å². The number of aliphatic carboxylic acids is 1. The zero-order chi connectivity index (χ0) is 54.7. The maximum Gasteiger partial charge on any atom is 0.335 e. The van der Waals surface area contributed by atoms with Crippen molar-refractivity contribution in [1.29, 1.82) is 0 Å². The van der Waals surface area contributed by atoms with Gasteiger partial charge in [0.25, 0.3) is 0 Å². The first kappa shape index (κ1) is 67.9. The standard InChI is InChI=1S/C63H96O12/c1-4-7-10-13-16-19-22-25-27-28-30-33-36-39-42-45-48-51-57(66)74-61-59(68)58(67)60(62(69)70)75-63(61)72-53-54(73-56(65)50-47-44-41-38-35-31-24-21-18-15-12-9-6-3)52-71-55(64)49-46-43-40-37-34-32-29-26-23-20-17-14-11-8-5-2/h7-12,16-21,25-27,29-31,33,35,39,42,54,58-61,63,67-68H,4-6,13-15,22-24,28,32,34,36-38,40-41,43-53H2,1-3H3,(H,69,70)/b10-7-,11-8-,12-9-,19-16-,20-17-,21-18-,27-25-,29-26-,33-30-,35-31-,42-39-. The number of aliphatic hydroxyl groups excluding tert-OH is 2. The first-order valence-corrected chi connectivity index (χ1v) is 28.2. The zero-order valence-corrected chi connectivity index (χ0v) is 46.0. The van der Waals surface area contributed by atoms with Crippen LogP contribution >= 0.6 is 0 Å². The van der Waals surface area contributed by atoms with Gasteiger partial charge in [0.1, 0.15) is 18.8 Å². The van der Waals surface area contributed by atoms with E-state index >= 15 is 0 Å². The number of allylic oxidation sites excluding steroid dienone is 22. The lowest BCUT2D eigenvalue weighted by Crippen LogP contribution is -2.61. The molecule has 1 heterocycles. The molecule has 420 valence electrons. The first-order valence-electron chi connectivity index (χ1n) is 28.2. The number of carbonyl (C=O) groups excluding carboxylic acids is 3. The van der Waals surface area contributed by atoms with Crippen molar-refractivity contribution >= 4 is 23.9 Å². The summed E-state index contributed by atoms with van der Waals surface area (Å²) in [6, 6.07) is 0. The van der Waals surface area contributed by atoms with Crippen molar-refractivity contribution in [1.82, 2.24) is 0 Å². The summed E-state index contributed by atoms with van der Waals surface area (Å²) in [7, 11) is 0. The van der Waals surface area contributed by atoms with E-state index in [-0.39, 0.29) is 25.9 Å². The van der Waals surface area contributed by atoms with Crippen LogP contribution in [0.3, 0.4) is 0 Å². The minimum absolute atomic E-state index is 0.0309. The average molecular weight is 1050 g/mol. The monoisotopic (exact) mass is 1040 g/mol. The average Bonchev–Trinajstić information content (AvgIpc) is 3.39. The predicted molar refractivity (Wildman–Crippen MR) is 303 cm³/mol. The maximum absolute atomic E-state index is 13.1. The van der Waals surface area contributed by atoms with E-state index in [1.165, 1.54) is 0 Å². The van der Waals surface area contributed by atoms with Crippen molar-refractivity contribution in [2.24, 2.45) is 0 Å². The van der Waals surface area contributed by atoms with E-state index in [0.717, 1.165) is 122 Å². The summed E-state index contributed by atoms with van der Waals surface area (Å²) in [6.45, 7) is 5.56. The summed E-state index contributed by atoms with van der Waals surface area (Å²) in [4.78, 5) is 51.0. The lowest BCUT2D eigenvalue weighted by Gasteiger charge is -2.40. The number of ether oxygens (including phenoxy) is 5. The molecule has 6 unspecified atom stereocenters. The third-order valence-corrected chi connectivity index (χ3v) is 11.7. The molecule has 1 aliphatic rings. The van der Waals surface area contributed by atoms with Crippen LogP contribution in [0, 0.1) is 0 Å². The van der Waals surface area contributed by atoms with E-state index in [2.05, 4.69) is 142 Å². The highest BCUT2D eigenvalue weighted by atomic mass is 16.7. The number of unbranched alkanes of at least 4 members (excludes halogenated alkanes) is 9. The molecule has 0 bridgehead atoms. The van der Waals surface area contributed by atoms with Crippen LogP contribution in [0.2, 0.25) is 0 Å². The van der Waals surface area contributed by atoms with Crippen molar-refractivity contribution in [2.45, 2.75) is 225 Å². The Morgan fingerprint density at radius 3 is 1.27 bits per heavy atom. The predicted octanol–water partition coefficient (Wildman–Crippen LogP) is 14.2. The van der Waals surface area contributed by atoms with Crippen LogP contribution in [0.1, 0.15) is 188 Å². The van der Waals surface area contributed by atoms with Crippen molar-refractivity contribution in [3.8, 4) is 0 Å². The second-order valence-electron chi connectivity index (χ2n) is 18.4. The molecule has 0 aromatic carbocycles. The Balaban J connectivity index is 2.78. The van der Waals surface area contributed by atoms with Gasteiger partial charge >= 0.3 is 23.9 Å². The third kappa shape index (κ3) is 39.9. The molecule has 12 heteroatoms. The quantitative estimate of drug-likeness (QED) is 0.0228. The maximum atomic E-state index is 13.1. The number of carbonyl (C=O) groups is 4. The molecule has 0 amide bonds. The molecule has 0 aromatic rings. The molecule has 1 aliphatic heterocycles. The van der Waals surface area contributed by atoms with E-state index in [1.54, 1.807) is 0 Å². The fourth-order valence-corrected chi connectivity index (χ4v) is 7.49. The summed E-state index contributed by atoms with van der Waals surface area (Å²) >= 11 is 0. The Morgan fingerprint density at radius 1 is 0.440 bits per heavy atom. The van der Waals surface area contributed by atoms with Gasteiger partial charge in [0.2, 0.25) is 0 Å². The van der Waals surface area contributed by atoms with Crippen molar-refractivity contribution in [2.75, 3.05) is 13.2 Å². The fraction of sp³-hybridized carbons (Fsp3) is 0.587. The highest BCUT2D eigenvalue weighted by Gasteiger charge is 2.50. The summed E-state index contributed by atoms with van der Waals surface area (Å²) in [5.41, 5.74) is 0. The highest BCUT2D eigenvalue weighted by molar-refractivity contribution is 5.74. The summed E-state index contributed by atoms with van der Waals surface area (Å²) in [5, 5.41) is 31.4. The van der Waals surface area contributed by atoms with E-state index in [1.807, 2.05) is 12.2 Å². The van der Waals surface area contributed by atoms with Gasteiger partial charge in [0.15, 0.2) is 24.6 Å². The van der Waals surface area contributed by atoms with Crippen LogP contribution in [0.4, 0.5) is 0 Å².